The molecule has 1 fully saturated rings. The average molecular weight is 409 g/mol. The summed E-state index contributed by atoms with van der Waals surface area (Å²) in [5.74, 6) is 0.0557. The highest BCUT2D eigenvalue weighted by atomic mass is 31.1. The number of rotatable bonds is 3. The molecule has 1 amide bonds. The van der Waals surface area contributed by atoms with E-state index in [1.807, 2.05) is 40.9 Å². The average Bonchev–Trinajstić information content (AvgIpc) is 3.13. The minimum absolute atomic E-state index is 0.00758. The molecule has 2 aromatic rings. The third-order valence-electron chi connectivity index (χ3n) is 5.56. The number of amides is 1. The molecule has 5 rings (SSSR count). The van der Waals surface area contributed by atoms with Gasteiger partial charge >= 0.3 is 0 Å². The molecule has 8 heteroatoms. The summed E-state index contributed by atoms with van der Waals surface area (Å²) < 4.78 is 1.94. The highest BCUT2D eigenvalue weighted by Gasteiger charge is 2.30. The minimum Gasteiger partial charge on any atom is -0.392 e. The molecule has 3 aliphatic heterocycles. The lowest BCUT2D eigenvalue weighted by Gasteiger charge is -2.37. The molecule has 2 atom stereocenters. The van der Waals surface area contributed by atoms with Gasteiger partial charge in [0.25, 0.3) is 5.91 Å². The Morgan fingerprint density at radius 1 is 1.31 bits per heavy atom. The predicted molar refractivity (Wildman–Crippen MR) is 114 cm³/mol. The fourth-order valence-electron chi connectivity index (χ4n) is 4.10. The molecule has 2 aromatic heterocycles. The molecule has 150 valence electrons. The van der Waals surface area contributed by atoms with Crippen molar-refractivity contribution in [2.24, 2.45) is 0 Å². The van der Waals surface area contributed by atoms with Crippen LogP contribution in [-0.2, 0) is 11.4 Å². The first kappa shape index (κ1) is 18.6. The van der Waals surface area contributed by atoms with Crippen molar-refractivity contribution in [2.75, 3.05) is 26.2 Å². The lowest BCUT2D eigenvalue weighted by molar-refractivity contribution is -0.123. The summed E-state index contributed by atoms with van der Waals surface area (Å²) in [5, 5.41) is 14.2. The standard InChI is InChI=1S/C21H24N5O2P/c1-14-10-25-11-15(8-16(13-27)21(25)23-14)18-9-19(28)26-12-17(2-3-20(26)29-18)24-6-4-22-5-7-24/h2-3,8-12,20,22,27,29H,4-7,13H2,1H3. The van der Waals surface area contributed by atoms with Gasteiger partial charge in [0.2, 0.25) is 0 Å². The summed E-state index contributed by atoms with van der Waals surface area (Å²) in [5.41, 5.74) is 4.52. The molecular formula is C21H24N5O2P. The minimum atomic E-state index is -0.0790. The van der Waals surface area contributed by atoms with E-state index in [0.29, 0.717) is 8.58 Å². The van der Waals surface area contributed by atoms with Crippen LogP contribution in [0, 0.1) is 6.92 Å². The number of pyridine rings is 1. The molecule has 2 N–H and O–H groups in total. The van der Waals surface area contributed by atoms with Crippen molar-refractivity contribution in [1.82, 2.24) is 24.5 Å². The second kappa shape index (κ2) is 7.41. The lowest BCUT2D eigenvalue weighted by Crippen LogP contribution is -2.44. The molecule has 3 aliphatic rings. The SMILES string of the molecule is Cc1cn2cc(C3=CC(=O)N4C=C(N5CCNCC5)C=CC4P3)cc(CO)c2n1. The maximum Gasteiger partial charge on any atom is 0.252 e. The maximum atomic E-state index is 12.9. The van der Waals surface area contributed by atoms with Gasteiger partial charge in [-0.05, 0) is 29.9 Å². The number of nitrogens with zero attached hydrogens (tertiary/aromatic N) is 4. The molecular weight excluding hydrogens is 385 g/mol. The molecule has 2 unspecified atom stereocenters. The number of imidazole rings is 1. The number of aryl methyl sites for hydroxylation is 1. The summed E-state index contributed by atoms with van der Waals surface area (Å²) in [6.45, 7) is 5.72. The van der Waals surface area contributed by atoms with Crippen LogP contribution in [0.2, 0.25) is 0 Å². The van der Waals surface area contributed by atoms with Crippen LogP contribution in [0.1, 0.15) is 16.8 Å². The van der Waals surface area contributed by atoms with Crippen molar-refractivity contribution >= 4 is 25.4 Å². The topological polar surface area (TPSA) is 73.1 Å². The summed E-state index contributed by atoms with van der Waals surface area (Å²) >= 11 is 0. The van der Waals surface area contributed by atoms with Crippen molar-refractivity contribution in [3.05, 3.63) is 65.4 Å². The van der Waals surface area contributed by atoms with Crippen LogP contribution >= 0.6 is 8.58 Å². The fraction of sp³-hybridized carbons (Fsp3) is 0.333. The van der Waals surface area contributed by atoms with Gasteiger partial charge < -0.3 is 24.6 Å². The zero-order chi connectivity index (χ0) is 20.0. The number of aromatic nitrogens is 2. The van der Waals surface area contributed by atoms with Crippen molar-refractivity contribution < 1.29 is 9.90 Å². The highest BCUT2D eigenvalue weighted by Crippen LogP contribution is 2.45. The van der Waals surface area contributed by atoms with E-state index in [2.05, 4.69) is 27.4 Å². The first-order valence-corrected chi connectivity index (χ1v) is 11.0. The number of piperazine rings is 1. The molecule has 0 aromatic carbocycles. The number of nitrogens with one attached hydrogen (secondary N) is 1. The molecule has 5 heterocycles. The van der Waals surface area contributed by atoms with Gasteiger partial charge in [-0.3, -0.25) is 4.79 Å². The molecule has 0 bridgehead atoms. The largest absolute Gasteiger partial charge is 0.392 e. The number of hydrogen-bond acceptors (Lipinski definition) is 5. The number of carbonyl (C=O) groups is 1. The van der Waals surface area contributed by atoms with Crippen LogP contribution < -0.4 is 5.32 Å². The van der Waals surface area contributed by atoms with E-state index in [1.54, 1.807) is 6.08 Å². The van der Waals surface area contributed by atoms with E-state index >= 15 is 0 Å². The number of fused-ring (bicyclic) bond motifs is 2. The van der Waals surface area contributed by atoms with Crippen LogP contribution in [0.25, 0.3) is 11.0 Å². The summed E-state index contributed by atoms with van der Waals surface area (Å²) in [6.07, 6.45) is 12.0. The summed E-state index contributed by atoms with van der Waals surface area (Å²) in [4.78, 5) is 21.6. The summed E-state index contributed by atoms with van der Waals surface area (Å²) in [7, 11) is 0.449. The first-order valence-electron chi connectivity index (χ1n) is 9.88. The highest BCUT2D eigenvalue weighted by molar-refractivity contribution is 7.51. The van der Waals surface area contributed by atoms with Crippen LogP contribution in [0.5, 0.6) is 0 Å². The Bertz CT molecular complexity index is 1060. The van der Waals surface area contributed by atoms with E-state index in [1.165, 1.54) is 0 Å². The van der Waals surface area contributed by atoms with Gasteiger partial charge in [0.1, 0.15) is 5.65 Å². The second-order valence-electron chi connectivity index (χ2n) is 7.57. The normalized spacial score (nSPS) is 22.8. The van der Waals surface area contributed by atoms with Gasteiger partial charge in [0.15, 0.2) is 0 Å². The number of aliphatic hydroxyl groups is 1. The molecule has 0 saturated carbocycles. The van der Waals surface area contributed by atoms with E-state index in [-0.39, 0.29) is 18.3 Å². The van der Waals surface area contributed by atoms with Crippen molar-refractivity contribution in [3.8, 4) is 0 Å². The van der Waals surface area contributed by atoms with Gasteiger partial charge in [-0.15, -0.1) is 0 Å². The lowest BCUT2D eigenvalue weighted by atomic mass is 10.1. The molecule has 29 heavy (non-hydrogen) atoms. The molecule has 0 spiro atoms. The van der Waals surface area contributed by atoms with E-state index in [9.17, 15) is 9.90 Å². The Balaban J connectivity index is 1.46. The molecule has 7 nitrogen and oxygen atoms in total. The molecule has 1 saturated heterocycles. The quantitative estimate of drug-likeness (QED) is 0.755. The van der Waals surface area contributed by atoms with Crippen LogP contribution in [-0.4, -0.2) is 62.2 Å². The predicted octanol–water partition coefficient (Wildman–Crippen LogP) is 1.64. The monoisotopic (exact) mass is 409 g/mol. The number of carbonyl (C=O) groups excluding carboxylic acids is 1. The molecule has 0 radical (unpaired) electrons. The fourth-order valence-corrected chi connectivity index (χ4v) is 5.46. The van der Waals surface area contributed by atoms with E-state index in [0.717, 1.165) is 59.7 Å². The van der Waals surface area contributed by atoms with Crippen LogP contribution in [0.3, 0.4) is 0 Å². The van der Waals surface area contributed by atoms with E-state index in [4.69, 9.17) is 0 Å². The van der Waals surface area contributed by atoms with Crippen molar-refractivity contribution in [1.29, 1.82) is 0 Å². The Kier molecular flexibility index (Phi) is 4.74. The van der Waals surface area contributed by atoms with Crippen molar-refractivity contribution in [2.45, 2.75) is 19.3 Å². The smallest absolute Gasteiger partial charge is 0.252 e. The van der Waals surface area contributed by atoms with Crippen molar-refractivity contribution in [3.63, 3.8) is 0 Å². The Hall–Kier alpha value is -2.47. The molecule has 0 aliphatic carbocycles. The second-order valence-corrected chi connectivity index (χ2v) is 8.99. The van der Waals surface area contributed by atoms with Gasteiger partial charge in [0, 0.05) is 56.4 Å². The maximum absolute atomic E-state index is 12.9. The first-order chi connectivity index (χ1) is 14.1. The van der Waals surface area contributed by atoms with E-state index < -0.39 is 0 Å². The Labute approximate surface area is 171 Å². The van der Waals surface area contributed by atoms with Gasteiger partial charge in [0.05, 0.1) is 23.8 Å². The number of hydrogen-bond donors (Lipinski definition) is 2. The van der Waals surface area contributed by atoms with Crippen LogP contribution in [0.4, 0.5) is 0 Å². The zero-order valence-corrected chi connectivity index (χ0v) is 17.3. The Morgan fingerprint density at radius 2 is 2.14 bits per heavy atom. The van der Waals surface area contributed by atoms with Gasteiger partial charge in [-0.2, -0.15) is 0 Å². The number of allylic oxidation sites excluding steroid dienone is 1. The third-order valence-corrected chi connectivity index (χ3v) is 7.07. The Morgan fingerprint density at radius 3 is 2.93 bits per heavy atom. The number of aliphatic hydroxyl groups excluding tert-OH is 1. The van der Waals surface area contributed by atoms with Gasteiger partial charge in [-0.1, -0.05) is 14.7 Å². The summed E-state index contributed by atoms with van der Waals surface area (Å²) in [6, 6.07) is 1.96. The third kappa shape index (κ3) is 3.39. The van der Waals surface area contributed by atoms with Crippen LogP contribution in [0.15, 0.2) is 48.6 Å². The van der Waals surface area contributed by atoms with Gasteiger partial charge in [-0.25, -0.2) is 4.98 Å². The zero-order valence-electron chi connectivity index (χ0n) is 16.3.